The molecule has 0 heterocycles. The lowest BCUT2D eigenvalue weighted by atomic mass is 9.83. The van der Waals surface area contributed by atoms with E-state index in [1.807, 2.05) is 0 Å². The van der Waals surface area contributed by atoms with Gasteiger partial charge in [0.05, 0.1) is 0 Å². The molecule has 0 unspecified atom stereocenters. The second-order valence-electron chi connectivity index (χ2n) is 7.75. The first-order valence-electron chi connectivity index (χ1n) is 7.62. The summed E-state index contributed by atoms with van der Waals surface area (Å²) in [7, 11) is -1.55. The maximum Gasteiger partial charge on any atom is 0.191 e. The number of allylic oxidation sites excluding steroid dienone is 2. The Morgan fingerprint density at radius 1 is 1.17 bits per heavy atom. The number of hydrogen-bond acceptors (Lipinski definition) is 1. The second-order valence-corrected chi connectivity index (χ2v) is 12.6. The minimum atomic E-state index is -1.55. The normalized spacial score (nSPS) is 32.6. The van der Waals surface area contributed by atoms with E-state index in [4.69, 9.17) is 4.43 Å². The van der Waals surface area contributed by atoms with Crippen molar-refractivity contribution in [3.63, 3.8) is 0 Å². The highest BCUT2D eigenvalue weighted by Crippen LogP contribution is 2.44. The Hall–Kier alpha value is -0.0831. The van der Waals surface area contributed by atoms with Crippen LogP contribution in [0.2, 0.25) is 18.1 Å². The van der Waals surface area contributed by atoms with E-state index < -0.39 is 8.32 Å². The first-order valence-corrected chi connectivity index (χ1v) is 10.5. The fourth-order valence-corrected chi connectivity index (χ4v) is 4.20. The summed E-state index contributed by atoms with van der Waals surface area (Å²) in [5.74, 6) is 2.58. The molecule has 2 rings (SSSR count). The molecule has 2 aliphatic rings. The Bertz CT molecular complexity index is 314. The monoisotopic (exact) mass is 266 g/mol. The van der Waals surface area contributed by atoms with Crippen molar-refractivity contribution >= 4 is 8.32 Å². The molecule has 18 heavy (non-hydrogen) atoms. The molecule has 1 saturated carbocycles. The van der Waals surface area contributed by atoms with Gasteiger partial charge >= 0.3 is 0 Å². The lowest BCUT2D eigenvalue weighted by Gasteiger charge is -2.37. The maximum atomic E-state index is 6.43. The van der Waals surface area contributed by atoms with Gasteiger partial charge in [0.1, 0.15) is 0 Å². The summed E-state index contributed by atoms with van der Waals surface area (Å²) in [5, 5.41) is 0.341. The largest absolute Gasteiger partial charge is 0.417 e. The molecule has 0 aromatic carbocycles. The third-order valence-corrected chi connectivity index (χ3v) is 10.0. The molecular formula is C16H30OSi. The predicted octanol–water partition coefficient (Wildman–Crippen LogP) is 5.00. The van der Waals surface area contributed by atoms with Crippen LogP contribution in [0.3, 0.4) is 0 Å². The Morgan fingerprint density at radius 3 is 2.56 bits per heavy atom. The van der Waals surface area contributed by atoms with E-state index in [2.05, 4.69) is 46.0 Å². The van der Waals surface area contributed by atoms with E-state index in [1.165, 1.54) is 25.7 Å². The van der Waals surface area contributed by atoms with Crippen LogP contribution in [0.1, 0.15) is 46.5 Å². The summed E-state index contributed by atoms with van der Waals surface area (Å²) in [6, 6.07) is 0. The van der Waals surface area contributed by atoms with Crippen molar-refractivity contribution < 1.29 is 4.43 Å². The van der Waals surface area contributed by atoms with Crippen LogP contribution in [-0.4, -0.2) is 14.9 Å². The Kier molecular flexibility index (Phi) is 4.08. The highest BCUT2D eigenvalue weighted by Gasteiger charge is 2.40. The van der Waals surface area contributed by atoms with Gasteiger partial charge in [-0.3, -0.25) is 0 Å². The smallest absolute Gasteiger partial charge is 0.191 e. The third kappa shape index (κ3) is 2.90. The van der Waals surface area contributed by atoms with Crippen LogP contribution in [0, 0.1) is 17.8 Å². The summed E-state index contributed by atoms with van der Waals surface area (Å²) >= 11 is 0. The van der Waals surface area contributed by atoms with Crippen molar-refractivity contribution in [2.24, 2.45) is 17.8 Å². The second kappa shape index (κ2) is 5.13. The average Bonchev–Trinajstić information content (AvgIpc) is 2.68. The van der Waals surface area contributed by atoms with Crippen LogP contribution in [-0.2, 0) is 4.43 Å². The zero-order valence-corrected chi connectivity index (χ0v) is 13.8. The van der Waals surface area contributed by atoms with E-state index in [-0.39, 0.29) is 0 Å². The van der Waals surface area contributed by atoms with Crippen LogP contribution in [0.25, 0.3) is 0 Å². The molecular weight excluding hydrogens is 236 g/mol. The quantitative estimate of drug-likeness (QED) is 0.516. The Labute approximate surface area is 114 Å². The predicted molar refractivity (Wildman–Crippen MR) is 81.2 cm³/mol. The van der Waals surface area contributed by atoms with E-state index in [1.54, 1.807) is 0 Å². The summed E-state index contributed by atoms with van der Waals surface area (Å²) in [5.41, 5.74) is 0. The standard InChI is InChI=1S/C16H30OSi/c1-16(2,3)18(4,5)17-12-14-11-10-13-8-6-7-9-15(13)14/h7,9,13-15H,6,8,10-12H2,1-5H3/t13-,14+,15-/m0/s1. The molecule has 0 radical (unpaired) electrons. The molecule has 0 aromatic heterocycles. The fraction of sp³-hybridized carbons (Fsp3) is 0.875. The van der Waals surface area contributed by atoms with Gasteiger partial charge in [0, 0.05) is 6.61 Å². The summed E-state index contributed by atoms with van der Waals surface area (Å²) in [6.07, 6.45) is 10.4. The lowest BCUT2D eigenvalue weighted by molar-refractivity contribution is 0.199. The van der Waals surface area contributed by atoms with Gasteiger partial charge < -0.3 is 4.43 Å². The molecule has 0 bridgehead atoms. The molecule has 0 saturated heterocycles. The van der Waals surface area contributed by atoms with Crippen molar-refractivity contribution in [3.05, 3.63) is 12.2 Å². The van der Waals surface area contributed by atoms with Crippen LogP contribution >= 0.6 is 0 Å². The number of hydrogen-bond donors (Lipinski definition) is 0. The van der Waals surface area contributed by atoms with Gasteiger partial charge in [-0.05, 0) is 61.6 Å². The molecule has 0 amide bonds. The van der Waals surface area contributed by atoms with Crippen molar-refractivity contribution in [2.75, 3.05) is 6.61 Å². The first kappa shape index (κ1) is 14.3. The Balaban J connectivity index is 1.91. The SMILES string of the molecule is CC(C)(C)[Si](C)(C)OC[C@H]1CC[C@@H]2CCC=C[C@@H]21. The molecule has 0 aromatic rings. The molecule has 0 N–H and O–H groups in total. The highest BCUT2D eigenvalue weighted by molar-refractivity contribution is 6.74. The lowest BCUT2D eigenvalue weighted by Crippen LogP contribution is -2.42. The topological polar surface area (TPSA) is 9.23 Å². The van der Waals surface area contributed by atoms with Gasteiger partial charge in [-0.2, -0.15) is 0 Å². The molecule has 0 spiro atoms. The van der Waals surface area contributed by atoms with Crippen molar-refractivity contribution in [1.82, 2.24) is 0 Å². The van der Waals surface area contributed by atoms with Crippen LogP contribution in [0.15, 0.2) is 12.2 Å². The summed E-state index contributed by atoms with van der Waals surface area (Å²) in [6.45, 7) is 12.7. The highest BCUT2D eigenvalue weighted by atomic mass is 28.4. The molecule has 1 fully saturated rings. The van der Waals surface area contributed by atoms with Crippen molar-refractivity contribution in [3.8, 4) is 0 Å². The van der Waals surface area contributed by atoms with Gasteiger partial charge in [0.2, 0.25) is 0 Å². The fourth-order valence-electron chi connectivity index (χ4n) is 3.14. The van der Waals surface area contributed by atoms with Gasteiger partial charge in [-0.15, -0.1) is 0 Å². The minimum Gasteiger partial charge on any atom is -0.417 e. The van der Waals surface area contributed by atoms with Crippen LogP contribution < -0.4 is 0 Å². The summed E-state index contributed by atoms with van der Waals surface area (Å²) < 4.78 is 6.43. The number of rotatable bonds is 3. The molecule has 104 valence electrons. The molecule has 1 nitrogen and oxygen atoms in total. The maximum absolute atomic E-state index is 6.43. The number of fused-ring (bicyclic) bond motifs is 1. The van der Waals surface area contributed by atoms with E-state index >= 15 is 0 Å². The van der Waals surface area contributed by atoms with Gasteiger partial charge in [-0.1, -0.05) is 32.9 Å². The van der Waals surface area contributed by atoms with Gasteiger partial charge in [0.15, 0.2) is 8.32 Å². The minimum absolute atomic E-state index is 0.341. The van der Waals surface area contributed by atoms with Crippen molar-refractivity contribution in [2.45, 2.75) is 64.6 Å². The Morgan fingerprint density at radius 2 is 1.89 bits per heavy atom. The first-order chi connectivity index (χ1) is 8.31. The molecule has 0 aliphatic heterocycles. The van der Waals surface area contributed by atoms with Crippen LogP contribution in [0.4, 0.5) is 0 Å². The zero-order valence-electron chi connectivity index (χ0n) is 12.8. The van der Waals surface area contributed by atoms with E-state index in [0.29, 0.717) is 5.04 Å². The third-order valence-electron chi connectivity index (χ3n) is 5.52. The molecule has 3 atom stereocenters. The average molecular weight is 267 g/mol. The van der Waals surface area contributed by atoms with Crippen LogP contribution in [0.5, 0.6) is 0 Å². The molecule has 2 aliphatic carbocycles. The van der Waals surface area contributed by atoms with Gasteiger partial charge in [0.25, 0.3) is 0 Å². The van der Waals surface area contributed by atoms with Crippen molar-refractivity contribution in [1.29, 1.82) is 0 Å². The van der Waals surface area contributed by atoms with Gasteiger partial charge in [-0.25, -0.2) is 0 Å². The van der Waals surface area contributed by atoms with E-state index in [9.17, 15) is 0 Å². The van der Waals surface area contributed by atoms with E-state index in [0.717, 1.165) is 24.4 Å². The zero-order chi connectivity index (χ0) is 13.4. The summed E-state index contributed by atoms with van der Waals surface area (Å²) in [4.78, 5) is 0. The molecule has 2 heteroatoms.